The highest BCUT2D eigenvalue weighted by Crippen LogP contribution is 2.28. The van der Waals surface area contributed by atoms with Crippen molar-refractivity contribution in [2.75, 3.05) is 43.0 Å². The highest BCUT2D eigenvalue weighted by atomic mass is 16.3. The molecule has 5 heteroatoms. The second-order valence-electron chi connectivity index (χ2n) is 5.35. The Kier molecular flexibility index (Phi) is 5.87. The number of hydrogen-bond acceptors (Lipinski definition) is 3. The summed E-state index contributed by atoms with van der Waals surface area (Å²) in [6.07, 6.45) is 3.28. The number of nitrogens with one attached hydrogen (secondary N) is 1. The van der Waals surface area contributed by atoms with E-state index < -0.39 is 0 Å². The summed E-state index contributed by atoms with van der Waals surface area (Å²) in [5, 5.41) is 12.1. The Morgan fingerprint density at radius 1 is 1.29 bits per heavy atom. The van der Waals surface area contributed by atoms with Gasteiger partial charge in [-0.3, -0.25) is 0 Å². The summed E-state index contributed by atoms with van der Waals surface area (Å²) in [6, 6.07) is 7.79. The van der Waals surface area contributed by atoms with Gasteiger partial charge in [0.25, 0.3) is 0 Å². The second-order valence-corrected chi connectivity index (χ2v) is 5.35. The molecule has 0 saturated carbocycles. The summed E-state index contributed by atoms with van der Waals surface area (Å²) in [7, 11) is 0. The van der Waals surface area contributed by atoms with Crippen LogP contribution in [-0.4, -0.2) is 48.8 Å². The van der Waals surface area contributed by atoms with Gasteiger partial charge in [-0.25, -0.2) is 4.79 Å². The minimum atomic E-state index is -0.141. The molecular formula is C16H25N3O2. The summed E-state index contributed by atoms with van der Waals surface area (Å²) in [5.41, 5.74) is 1.94. The molecule has 21 heavy (non-hydrogen) atoms. The molecule has 0 atom stereocenters. The van der Waals surface area contributed by atoms with E-state index in [0.717, 1.165) is 30.9 Å². The SMILES string of the molecule is CCCN(CCO)C(=O)Nc1ccccc1N1CCCC1. The molecule has 2 rings (SSSR count). The zero-order valence-corrected chi connectivity index (χ0v) is 12.7. The van der Waals surface area contributed by atoms with Gasteiger partial charge in [0.2, 0.25) is 0 Å². The third-order valence-electron chi connectivity index (χ3n) is 3.74. The van der Waals surface area contributed by atoms with Crippen molar-refractivity contribution in [3.8, 4) is 0 Å². The van der Waals surface area contributed by atoms with Crippen LogP contribution in [0.1, 0.15) is 26.2 Å². The van der Waals surface area contributed by atoms with Crippen LogP contribution in [0.4, 0.5) is 16.2 Å². The number of benzene rings is 1. The smallest absolute Gasteiger partial charge is 0.321 e. The standard InChI is InChI=1S/C16H25N3O2/c1-2-9-19(12-13-20)16(21)17-14-7-3-4-8-15(14)18-10-5-6-11-18/h3-4,7-8,20H,2,5-6,9-13H2,1H3,(H,17,21). The van der Waals surface area contributed by atoms with Gasteiger partial charge in [0, 0.05) is 26.2 Å². The fourth-order valence-corrected chi connectivity index (χ4v) is 2.71. The monoisotopic (exact) mass is 291 g/mol. The minimum absolute atomic E-state index is 0.0127. The number of carbonyl (C=O) groups is 1. The molecule has 116 valence electrons. The third-order valence-corrected chi connectivity index (χ3v) is 3.74. The van der Waals surface area contributed by atoms with Crippen LogP contribution in [0.5, 0.6) is 0 Å². The molecule has 0 radical (unpaired) electrons. The lowest BCUT2D eigenvalue weighted by Crippen LogP contribution is -2.38. The van der Waals surface area contributed by atoms with E-state index in [1.807, 2.05) is 25.1 Å². The first-order valence-corrected chi connectivity index (χ1v) is 7.77. The van der Waals surface area contributed by atoms with Crippen LogP contribution in [0, 0.1) is 0 Å². The average Bonchev–Trinajstić information content (AvgIpc) is 3.01. The highest BCUT2D eigenvalue weighted by molar-refractivity contribution is 5.93. The molecule has 5 nitrogen and oxygen atoms in total. The first-order valence-electron chi connectivity index (χ1n) is 7.77. The lowest BCUT2D eigenvalue weighted by molar-refractivity contribution is 0.188. The lowest BCUT2D eigenvalue weighted by atomic mass is 10.2. The predicted molar refractivity (Wildman–Crippen MR) is 85.9 cm³/mol. The number of hydrogen-bond donors (Lipinski definition) is 2. The van der Waals surface area contributed by atoms with Gasteiger partial charge in [-0.2, -0.15) is 0 Å². The number of anilines is 2. The Labute approximate surface area is 126 Å². The number of rotatable bonds is 6. The van der Waals surface area contributed by atoms with Crippen molar-refractivity contribution in [2.45, 2.75) is 26.2 Å². The maximum Gasteiger partial charge on any atom is 0.321 e. The van der Waals surface area contributed by atoms with Crippen molar-refractivity contribution in [3.05, 3.63) is 24.3 Å². The Hall–Kier alpha value is -1.75. The van der Waals surface area contributed by atoms with Crippen LogP contribution in [0.15, 0.2) is 24.3 Å². The molecule has 1 fully saturated rings. The van der Waals surface area contributed by atoms with E-state index in [9.17, 15) is 4.79 Å². The molecule has 1 aliphatic heterocycles. The fourth-order valence-electron chi connectivity index (χ4n) is 2.71. The highest BCUT2D eigenvalue weighted by Gasteiger charge is 2.18. The van der Waals surface area contributed by atoms with Crippen molar-refractivity contribution >= 4 is 17.4 Å². The van der Waals surface area contributed by atoms with Crippen LogP contribution in [0.3, 0.4) is 0 Å². The van der Waals surface area contributed by atoms with Crippen LogP contribution < -0.4 is 10.2 Å². The topological polar surface area (TPSA) is 55.8 Å². The number of nitrogens with zero attached hydrogens (tertiary/aromatic N) is 2. The van der Waals surface area contributed by atoms with Gasteiger partial charge in [0.05, 0.1) is 18.0 Å². The molecule has 1 heterocycles. The lowest BCUT2D eigenvalue weighted by Gasteiger charge is -2.25. The van der Waals surface area contributed by atoms with E-state index in [2.05, 4.69) is 16.3 Å². The molecule has 1 aromatic rings. The van der Waals surface area contributed by atoms with E-state index in [0.29, 0.717) is 13.1 Å². The zero-order chi connectivity index (χ0) is 15.1. The van der Waals surface area contributed by atoms with E-state index in [-0.39, 0.29) is 12.6 Å². The number of urea groups is 1. The van der Waals surface area contributed by atoms with Crippen LogP contribution in [0.25, 0.3) is 0 Å². The van der Waals surface area contributed by atoms with Gasteiger partial charge in [-0.15, -0.1) is 0 Å². The summed E-state index contributed by atoms with van der Waals surface area (Å²) in [5.74, 6) is 0. The number of amides is 2. The van der Waals surface area contributed by atoms with Crippen molar-refractivity contribution in [3.63, 3.8) is 0 Å². The number of carbonyl (C=O) groups excluding carboxylic acids is 1. The van der Waals surface area contributed by atoms with Gasteiger partial charge < -0.3 is 20.2 Å². The molecule has 2 amide bonds. The number of aliphatic hydroxyl groups excluding tert-OH is 1. The second kappa shape index (κ2) is 7.88. The molecular weight excluding hydrogens is 266 g/mol. The van der Waals surface area contributed by atoms with Crippen LogP contribution in [0.2, 0.25) is 0 Å². The first-order chi connectivity index (χ1) is 10.3. The predicted octanol–water partition coefficient (Wildman–Crippen LogP) is 2.52. The van der Waals surface area contributed by atoms with Crippen LogP contribution in [-0.2, 0) is 0 Å². The summed E-state index contributed by atoms with van der Waals surface area (Å²) < 4.78 is 0. The molecule has 1 saturated heterocycles. The fraction of sp³-hybridized carbons (Fsp3) is 0.562. The Bertz CT molecular complexity index is 453. The van der Waals surface area contributed by atoms with Gasteiger partial charge >= 0.3 is 6.03 Å². The summed E-state index contributed by atoms with van der Waals surface area (Å²) >= 11 is 0. The van der Waals surface area contributed by atoms with Gasteiger partial charge in [-0.05, 0) is 31.4 Å². The minimum Gasteiger partial charge on any atom is -0.395 e. The van der Waals surface area contributed by atoms with E-state index >= 15 is 0 Å². The molecule has 1 aromatic carbocycles. The number of aliphatic hydroxyl groups is 1. The Morgan fingerprint density at radius 3 is 2.67 bits per heavy atom. The molecule has 0 unspecified atom stereocenters. The number of para-hydroxylation sites is 2. The average molecular weight is 291 g/mol. The molecule has 0 bridgehead atoms. The van der Waals surface area contributed by atoms with Crippen molar-refractivity contribution in [1.29, 1.82) is 0 Å². The first kappa shape index (κ1) is 15.6. The molecule has 1 aliphatic rings. The molecule has 0 spiro atoms. The Morgan fingerprint density at radius 2 is 2.00 bits per heavy atom. The van der Waals surface area contributed by atoms with E-state index in [1.54, 1.807) is 4.90 Å². The Balaban J connectivity index is 2.09. The van der Waals surface area contributed by atoms with Crippen molar-refractivity contribution in [1.82, 2.24) is 4.90 Å². The van der Waals surface area contributed by atoms with Crippen molar-refractivity contribution in [2.24, 2.45) is 0 Å². The summed E-state index contributed by atoms with van der Waals surface area (Å²) in [4.78, 5) is 16.3. The molecule has 0 aromatic heterocycles. The van der Waals surface area contributed by atoms with Crippen molar-refractivity contribution < 1.29 is 9.90 Å². The maximum atomic E-state index is 12.3. The largest absolute Gasteiger partial charge is 0.395 e. The van der Waals surface area contributed by atoms with Gasteiger partial charge in [-0.1, -0.05) is 19.1 Å². The van der Waals surface area contributed by atoms with E-state index in [4.69, 9.17) is 5.11 Å². The third kappa shape index (κ3) is 4.11. The normalized spacial score (nSPS) is 14.3. The zero-order valence-electron chi connectivity index (χ0n) is 12.7. The maximum absolute atomic E-state index is 12.3. The summed E-state index contributed by atoms with van der Waals surface area (Å²) in [6.45, 7) is 5.12. The molecule has 2 N–H and O–H groups in total. The van der Waals surface area contributed by atoms with Gasteiger partial charge in [0.1, 0.15) is 0 Å². The van der Waals surface area contributed by atoms with Gasteiger partial charge in [0.15, 0.2) is 0 Å². The quantitative estimate of drug-likeness (QED) is 0.847. The van der Waals surface area contributed by atoms with Crippen LogP contribution >= 0.6 is 0 Å². The van der Waals surface area contributed by atoms with E-state index in [1.165, 1.54) is 12.8 Å². The molecule has 0 aliphatic carbocycles.